The van der Waals surface area contributed by atoms with Gasteiger partial charge in [-0.1, -0.05) is 0 Å². The molecule has 122 valence electrons. The average Bonchev–Trinajstić information content (AvgIpc) is 2.54. The lowest BCUT2D eigenvalue weighted by atomic mass is 10.2. The number of nitrogens with one attached hydrogen (secondary N) is 1. The maximum absolute atomic E-state index is 13.4. The van der Waals surface area contributed by atoms with Gasteiger partial charge in [-0.05, 0) is 24.3 Å². The molecular weight excluding hydrogens is 308 g/mol. The Morgan fingerprint density at radius 1 is 1.04 bits per heavy atom. The minimum atomic E-state index is -0.878. The molecule has 2 aromatic rings. The molecule has 0 aromatic heterocycles. The van der Waals surface area contributed by atoms with Gasteiger partial charge in [0.15, 0.2) is 18.2 Å². The standard InChI is InChI=1S/C16H15F2NO4/c1-21-11-4-6-15(22-2)13(8-11)19-16(20)9-23-14-5-3-10(17)7-12(14)18/h3-8H,9H2,1-2H3,(H,19,20). The number of benzene rings is 2. The highest BCUT2D eigenvalue weighted by molar-refractivity contribution is 5.93. The molecule has 0 aliphatic heterocycles. The van der Waals surface area contributed by atoms with Crippen molar-refractivity contribution in [3.05, 3.63) is 48.0 Å². The molecule has 2 rings (SSSR count). The van der Waals surface area contributed by atoms with E-state index in [1.165, 1.54) is 14.2 Å². The maximum Gasteiger partial charge on any atom is 0.262 e. The van der Waals surface area contributed by atoms with Crippen LogP contribution in [0.3, 0.4) is 0 Å². The molecular formula is C16H15F2NO4. The molecule has 0 heterocycles. The Morgan fingerprint density at radius 2 is 1.78 bits per heavy atom. The Morgan fingerprint density at radius 3 is 2.43 bits per heavy atom. The van der Waals surface area contributed by atoms with E-state index in [0.29, 0.717) is 23.3 Å². The molecule has 0 fully saturated rings. The number of methoxy groups -OCH3 is 2. The van der Waals surface area contributed by atoms with Crippen LogP contribution in [-0.2, 0) is 4.79 Å². The van der Waals surface area contributed by atoms with Crippen molar-refractivity contribution in [1.29, 1.82) is 0 Å². The van der Waals surface area contributed by atoms with Crippen LogP contribution < -0.4 is 19.5 Å². The summed E-state index contributed by atoms with van der Waals surface area (Å²) in [4.78, 5) is 11.9. The zero-order valence-corrected chi connectivity index (χ0v) is 12.6. The number of rotatable bonds is 6. The van der Waals surface area contributed by atoms with Gasteiger partial charge in [-0.25, -0.2) is 8.78 Å². The fourth-order valence-electron chi connectivity index (χ4n) is 1.83. The van der Waals surface area contributed by atoms with Gasteiger partial charge in [0, 0.05) is 12.1 Å². The van der Waals surface area contributed by atoms with Gasteiger partial charge in [0.1, 0.15) is 17.3 Å². The summed E-state index contributed by atoms with van der Waals surface area (Å²) >= 11 is 0. The highest BCUT2D eigenvalue weighted by atomic mass is 19.1. The highest BCUT2D eigenvalue weighted by Gasteiger charge is 2.11. The molecule has 7 heteroatoms. The van der Waals surface area contributed by atoms with Gasteiger partial charge in [-0.3, -0.25) is 4.79 Å². The van der Waals surface area contributed by atoms with Gasteiger partial charge >= 0.3 is 0 Å². The Kier molecular flexibility index (Phi) is 5.35. The molecule has 23 heavy (non-hydrogen) atoms. The number of carbonyl (C=O) groups is 1. The van der Waals surface area contributed by atoms with Crippen molar-refractivity contribution in [3.63, 3.8) is 0 Å². The van der Waals surface area contributed by atoms with Crippen LogP contribution in [-0.4, -0.2) is 26.7 Å². The first-order chi connectivity index (χ1) is 11.0. The lowest BCUT2D eigenvalue weighted by Gasteiger charge is -2.12. The molecule has 0 unspecified atom stereocenters. The monoisotopic (exact) mass is 323 g/mol. The summed E-state index contributed by atoms with van der Waals surface area (Å²) < 4.78 is 41.4. The van der Waals surface area contributed by atoms with Crippen molar-refractivity contribution in [2.24, 2.45) is 0 Å². The summed E-state index contributed by atoms with van der Waals surface area (Å²) in [6.07, 6.45) is 0. The van der Waals surface area contributed by atoms with E-state index < -0.39 is 24.1 Å². The smallest absolute Gasteiger partial charge is 0.262 e. The van der Waals surface area contributed by atoms with Crippen molar-refractivity contribution in [3.8, 4) is 17.2 Å². The lowest BCUT2D eigenvalue weighted by molar-refractivity contribution is -0.118. The first-order valence-electron chi connectivity index (χ1n) is 6.63. The van der Waals surface area contributed by atoms with Crippen LogP contribution in [0.2, 0.25) is 0 Å². The zero-order chi connectivity index (χ0) is 16.8. The molecule has 1 N–H and O–H groups in total. The fourth-order valence-corrected chi connectivity index (χ4v) is 1.83. The third-order valence-electron chi connectivity index (χ3n) is 2.93. The Hall–Kier alpha value is -2.83. The van der Waals surface area contributed by atoms with Gasteiger partial charge in [0.2, 0.25) is 0 Å². The molecule has 0 aliphatic rings. The van der Waals surface area contributed by atoms with Gasteiger partial charge in [-0.2, -0.15) is 0 Å². The summed E-state index contributed by atoms with van der Waals surface area (Å²) in [5.74, 6) is -1.37. The second-order valence-electron chi connectivity index (χ2n) is 4.48. The van der Waals surface area contributed by atoms with E-state index in [0.717, 1.165) is 12.1 Å². The van der Waals surface area contributed by atoms with Crippen molar-refractivity contribution in [2.75, 3.05) is 26.1 Å². The van der Waals surface area contributed by atoms with Crippen molar-refractivity contribution in [2.45, 2.75) is 0 Å². The summed E-state index contributed by atoms with van der Waals surface area (Å²) in [5.41, 5.74) is 0.389. The van der Waals surface area contributed by atoms with E-state index in [1.54, 1.807) is 18.2 Å². The summed E-state index contributed by atoms with van der Waals surface area (Å²) in [7, 11) is 2.95. The Balaban J connectivity index is 2.02. The molecule has 0 saturated carbocycles. The van der Waals surface area contributed by atoms with E-state index in [4.69, 9.17) is 14.2 Å². The molecule has 2 aromatic carbocycles. The molecule has 5 nitrogen and oxygen atoms in total. The van der Waals surface area contributed by atoms with Gasteiger partial charge in [0.05, 0.1) is 19.9 Å². The summed E-state index contributed by atoms with van der Waals surface area (Å²) in [6, 6.07) is 7.73. The Bertz CT molecular complexity index is 706. The number of anilines is 1. The molecule has 0 saturated heterocycles. The first kappa shape index (κ1) is 16.5. The van der Waals surface area contributed by atoms with Crippen molar-refractivity contribution >= 4 is 11.6 Å². The summed E-state index contributed by atoms with van der Waals surface area (Å²) in [6.45, 7) is -0.442. The van der Waals surface area contributed by atoms with Crippen LogP contribution in [0.15, 0.2) is 36.4 Å². The molecule has 0 radical (unpaired) electrons. The number of hydrogen-bond donors (Lipinski definition) is 1. The number of hydrogen-bond acceptors (Lipinski definition) is 4. The number of ether oxygens (including phenoxy) is 3. The van der Waals surface area contributed by atoms with E-state index in [1.807, 2.05) is 0 Å². The van der Waals surface area contributed by atoms with Crippen LogP contribution >= 0.6 is 0 Å². The average molecular weight is 323 g/mol. The molecule has 0 atom stereocenters. The number of amides is 1. The fraction of sp³-hybridized carbons (Fsp3) is 0.188. The molecule has 0 bridgehead atoms. The van der Waals surface area contributed by atoms with Crippen LogP contribution in [0.4, 0.5) is 14.5 Å². The lowest BCUT2D eigenvalue weighted by Crippen LogP contribution is -2.20. The minimum absolute atomic E-state index is 0.209. The van der Waals surface area contributed by atoms with E-state index in [-0.39, 0.29) is 5.75 Å². The second kappa shape index (κ2) is 7.44. The topological polar surface area (TPSA) is 56.8 Å². The number of carbonyl (C=O) groups excluding carboxylic acids is 1. The van der Waals surface area contributed by atoms with Crippen LogP contribution in [0.5, 0.6) is 17.2 Å². The minimum Gasteiger partial charge on any atom is -0.497 e. The predicted molar refractivity (Wildman–Crippen MR) is 80.0 cm³/mol. The predicted octanol–water partition coefficient (Wildman–Crippen LogP) is 3.00. The molecule has 0 spiro atoms. The van der Waals surface area contributed by atoms with E-state index in [2.05, 4.69) is 5.32 Å². The van der Waals surface area contributed by atoms with Gasteiger partial charge in [0.25, 0.3) is 5.91 Å². The first-order valence-corrected chi connectivity index (χ1v) is 6.63. The second-order valence-corrected chi connectivity index (χ2v) is 4.48. The third kappa shape index (κ3) is 4.32. The van der Waals surface area contributed by atoms with Crippen LogP contribution in [0.1, 0.15) is 0 Å². The van der Waals surface area contributed by atoms with Crippen molar-refractivity contribution < 1.29 is 27.8 Å². The van der Waals surface area contributed by atoms with Gasteiger partial charge in [-0.15, -0.1) is 0 Å². The molecule has 1 amide bonds. The largest absolute Gasteiger partial charge is 0.497 e. The zero-order valence-electron chi connectivity index (χ0n) is 12.6. The third-order valence-corrected chi connectivity index (χ3v) is 2.93. The summed E-state index contributed by atoms with van der Waals surface area (Å²) in [5, 5.41) is 2.57. The normalized spacial score (nSPS) is 10.1. The van der Waals surface area contributed by atoms with E-state index in [9.17, 15) is 13.6 Å². The highest BCUT2D eigenvalue weighted by Crippen LogP contribution is 2.28. The van der Waals surface area contributed by atoms with E-state index >= 15 is 0 Å². The van der Waals surface area contributed by atoms with Crippen molar-refractivity contribution in [1.82, 2.24) is 0 Å². The van der Waals surface area contributed by atoms with Crippen LogP contribution in [0, 0.1) is 11.6 Å². The molecule has 0 aliphatic carbocycles. The van der Waals surface area contributed by atoms with Crippen LogP contribution in [0.25, 0.3) is 0 Å². The SMILES string of the molecule is COc1ccc(OC)c(NC(=O)COc2ccc(F)cc2F)c1. The quantitative estimate of drug-likeness (QED) is 0.888. The Labute approximate surface area is 131 Å². The maximum atomic E-state index is 13.4. The van der Waals surface area contributed by atoms with Gasteiger partial charge < -0.3 is 19.5 Å². The number of halogens is 2.